The normalized spacial score (nSPS) is 12.0. The van der Waals surface area contributed by atoms with E-state index >= 15 is 0 Å². The van der Waals surface area contributed by atoms with E-state index in [0.717, 1.165) is 37.6 Å². The van der Waals surface area contributed by atoms with E-state index < -0.39 is 10.8 Å². The van der Waals surface area contributed by atoms with Crippen molar-refractivity contribution >= 4 is 21.9 Å². The Morgan fingerprint density at radius 3 is 1.67 bits per heavy atom. The Hall–Kier alpha value is -4.23. The average Bonchev–Trinajstić information content (AvgIpc) is 3.01. The van der Waals surface area contributed by atoms with Crippen LogP contribution in [0.25, 0.3) is 11.1 Å². The Morgan fingerprint density at radius 1 is 0.619 bits per heavy atom. The van der Waals surface area contributed by atoms with Crippen molar-refractivity contribution in [2.75, 3.05) is 0 Å². The Kier molecular flexibility index (Phi) is 8.88. The standard InChI is InChI=1S/C40H38OS/c1-29-18-12-16-26-37(29)42(41)38-27-17-15-25-35(38)36(40(3,4)5)28-30(2)33-23-13-14-24-34(33)39(31-19-8-6-9-20-31)32-21-10-7-11-22-32/h6-27,39H,1-5H3. The van der Waals surface area contributed by atoms with Gasteiger partial charge in [0.2, 0.25) is 0 Å². The zero-order chi connectivity index (χ0) is 29.7. The van der Waals surface area contributed by atoms with Crippen LogP contribution in [0.2, 0.25) is 0 Å². The quantitative estimate of drug-likeness (QED) is 0.141. The van der Waals surface area contributed by atoms with Gasteiger partial charge in [-0.15, -0.1) is 5.73 Å². The molecule has 0 fully saturated rings. The second-order valence-electron chi connectivity index (χ2n) is 11.7. The lowest BCUT2D eigenvalue weighted by Crippen LogP contribution is -2.11. The number of aryl methyl sites for hydroxylation is 1. The summed E-state index contributed by atoms with van der Waals surface area (Å²) in [7, 11) is -1.32. The summed E-state index contributed by atoms with van der Waals surface area (Å²) in [6, 6.07) is 46.1. The molecule has 1 nitrogen and oxygen atoms in total. The van der Waals surface area contributed by atoms with E-state index in [1.54, 1.807) is 0 Å². The van der Waals surface area contributed by atoms with Crippen molar-refractivity contribution in [1.29, 1.82) is 0 Å². The van der Waals surface area contributed by atoms with E-state index in [1.165, 1.54) is 16.7 Å². The summed E-state index contributed by atoms with van der Waals surface area (Å²) in [5.74, 6) is 0.0827. The van der Waals surface area contributed by atoms with Crippen molar-refractivity contribution in [3.63, 3.8) is 0 Å². The highest BCUT2D eigenvalue weighted by Gasteiger charge is 2.25. The van der Waals surface area contributed by atoms with Crippen LogP contribution >= 0.6 is 0 Å². The molecule has 1 atom stereocenters. The number of hydrogen-bond acceptors (Lipinski definition) is 1. The van der Waals surface area contributed by atoms with Crippen LogP contribution in [0, 0.1) is 12.3 Å². The van der Waals surface area contributed by atoms with E-state index in [-0.39, 0.29) is 11.3 Å². The van der Waals surface area contributed by atoms with Gasteiger partial charge in [-0.05, 0) is 64.8 Å². The van der Waals surface area contributed by atoms with E-state index in [4.69, 9.17) is 0 Å². The first-order valence-corrected chi connectivity index (χ1v) is 15.6. The molecule has 0 aliphatic rings. The van der Waals surface area contributed by atoms with E-state index in [1.807, 2.05) is 49.4 Å². The molecule has 1 unspecified atom stereocenters. The van der Waals surface area contributed by atoms with Crippen LogP contribution in [0.1, 0.15) is 67.0 Å². The second-order valence-corrected chi connectivity index (χ2v) is 13.2. The van der Waals surface area contributed by atoms with Gasteiger partial charge in [-0.25, -0.2) is 4.21 Å². The lowest BCUT2D eigenvalue weighted by Gasteiger charge is -2.25. The first-order valence-electron chi connectivity index (χ1n) is 14.5. The van der Waals surface area contributed by atoms with Gasteiger partial charge in [0.1, 0.15) is 0 Å². The summed E-state index contributed by atoms with van der Waals surface area (Å²) in [6.45, 7) is 10.8. The fourth-order valence-electron chi connectivity index (χ4n) is 5.56. The molecule has 0 N–H and O–H groups in total. The third-order valence-corrected chi connectivity index (χ3v) is 9.27. The van der Waals surface area contributed by atoms with Crippen LogP contribution in [-0.2, 0) is 10.8 Å². The zero-order valence-electron chi connectivity index (χ0n) is 25.1. The lowest BCUT2D eigenvalue weighted by atomic mass is 9.80. The molecule has 5 aromatic carbocycles. The van der Waals surface area contributed by atoms with Crippen LogP contribution < -0.4 is 0 Å². The Bertz CT molecular complexity index is 1730. The van der Waals surface area contributed by atoms with Gasteiger partial charge in [-0.1, -0.05) is 142 Å². The third kappa shape index (κ3) is 6.31. The molecule has 0 heterocycles. The van der Waals surface area contributed by atoms with Crippen LogP contribution in [-0.4, -0.2) is 4.21 Å². The minimum absolute atomic E-state index is 0.0827. The first-order chi connectivity index (χ1) is 20.3. The largest absolute Gasteiger partial charge is 0.249 e. The summed E-state index contributed by atoms with van der Waals surface area (Å²) < 4.78 is 14.0. The predicted octanol–water partition coefficient (Wildman–Crippen LogP) is 10.5. The SMILES string of the molecule is CC(=C=C(c1ccccc1S(=O)c1ccccc1C)C(C)(C)C)c1ccccc1C(c1ccccc1)c1ccccc1. The Balaban J connectivity index is 1.73. The highest BCUT2D eigenvalue weighted by molar-refractivity contribution is 7.85. The van der Waals surface area contributed by atoms with Gasteiger partial charge in [0.05, 0.1) is 15.7 Å². The molecule has 5 rings (SSSR count). The number of hydrogen-bond donors (Lipinski definition) is 0. The van der Waals surface area contributed by atoms with E-state index in [0.29, 0.717) is 0 Å². The van der Waals surface area contributed by atoms with Crippen LogP contribution in [0.3, 0.4) is 0 Å². The van der Waals surface area contributed by atoms with Crippen molar-refractivity contribution in [3.05, 3.63) is 173 Å². The molecule has 210 valence electrons. The van der Waals surface area contributed by atoms with E-state index in [2.05, 4.69) is 124 Å². The van der Waals surface area contributed by atoms with Gasteiger partial charge in [0.25, 0.3) is 0 Å². The minimum atomic E-state index is -1.32. The summed E-state index contributed by atoms with van der Waals surface area (Å²) in [6.07, 6.45) is 0. The molecule has 0 amide bonds. The molecule has 2 heteroatoms. The predicted molar refractivity (Wildman–Crippen MR) is 178 cm³/mol. The molecule has 0 aromatic heterocycles. The van der Waals surface area contributed by atoms with Crippen molar-refractivity contribution < 1.29 is 4.21 Å². The maximum atomic E-state index is 14.0. The molecular weight excluding hydrogens is 529 g/mol. The van der Waals surface area contributed by atoms with Crippen LogP contribution in [0.5, 0.6) is 0 Å². The first kappa shape index (κ1) is 29.3. The number of allylic oxidation sites excluding steroid dienone is 1. The van der Waals surface area contributed by atoms with Gasteiger partial charge >= 0.3 is 0 Å². The van der Waals surface area contributed by atoms with E-state index in [9.17, 15) is 4.21 Å². The highest BCUT2D eigenvalue weighted by Crippen LogP contribution is 2.40. The topological polar surface area (TPSA) is 17.1 Å². The molecule has 42 heavy (non-hydrogen) atoms. The lowest BCUT2D eigenvalue weighted by molar-refractivity contribution is 0.566. The molecule has 0 bridgehead atoms. The molecule has 5 aromatic rings. The van der Waals surface area contributed by atoms with Crippen LogP contribution in [0.4, 0.5) is 0 Å². The highest BCUT2D eigenvalue weighted by atomic mass is 32.2. The summed E-state index contributed by atoms with van der Waals surface area (Å²) in [4.78, 5) is 1.66. The number of benzene rings is 5. The van der Waals surface area contributed by atoms with Crippen molar-refractivity contribution in [2.24, 2.45) is 5.41 Å². The van der Waals surface area contributed by atoms with Crippen molar-refractivity contribution in [3.8, 4) is 0 Å². The van der Waals surface area contributed by atoms with Crippen molar-refractivity contribution in [2.45, 2.75) is 50.3 Å². The molecule has 0 aliphatic carbocycles. The monoisotopic (exact) mass is 566 g/mol. The van der Waals surface area contributed by atoms with Gasteiger partial charge in [0.15, 0.2) is 0 Å². The second kappa shape index (κ2) is 12.7. The molecule has 0 radical (unpaired) electrons. The minimum Gasteiger partial charge on any atom is -0.249 e. The van der Waals surface area contributed by atoms with Gasteiger partial charge in [-0.2, -0.15) is 0 Å². The zero-order valence-corrected chi connectivity index (χ0v) is 25.9. The molecule has 0 aliphatic heterocycles. The Morgan fingerprint density at radius 2 is 1.10 bits per heavy atom. The fraction of sp³-hybridized carbons (Fsp3) is 0.175. The molecule has 0 spiro atoms. The summed E-state index contributed by atoms with van der Waals surface area (Å²) >= 11 is 0. The molecule has 0 saturated heterocycles. The Labute approximate surface area is 253 Å². The third-order valence-electron chi connectivity index (χ3n) is 7.65. The van der Waals surface area contributed by atoms with Gasteiger partial charge in [-0.3, -0.25) is 0 Å². The molecular formula is C40H38OS. The number of rotatable bonds is 7. The maximum Gasteiger partial charge on any atom is 0.0858 e. The average molecular weight is 567 g/mol. The van der Waals surface area contributed by atoms with Gasteiger partial charge in [0, 0.05) is 21.9 Å². The fourth-order valence-corrected chi connectivity index (χ4v) is 6.94. The summed E-state index contributed by atoms with van der Waals surface area (Å²) in [5.41, 5.74) is 12.6. The smallest absolute Gasteiger partial charge is 0.0858 e. The summed E-state index contributed by atoms with van der Waals surface area (Å²) in [5, 5.41) is 0. The van der Waals surface area contributed by atoms with Crippen molar-refractivity contribution in [1.82, 2.24) is 0 Å². The molecule has 0 saturated carbocycles. The maximum absolute atomic E-state index is 14.0. The van der Waals surface area contributed by atoms with Crippen LogP contribution in [0.15, 0.2) is 149 Å². The van der Waals surface area contributed by atoms with Gasteiger partial charge < -0.3 is 0 Å².